The lowest BCUT2D eigenvalue weighted by atomic mass is 9.85. The van der Waals surface area contributed by atoms with E-state index in [9.17, 15) is 9.59 Å². The first-order valence-corrected chi connectivity index (χ1v) is 6.31. The molecule has 2 atom stereocenters. The van der Waals surface area contributed by atoms with Gasteiger partial charge in [0.05, 0.1) is 0 Å². The minimum Gasteiger partial charge on any atom is -0.368 e. The van der Waals surface area contributed by atoms with Crippen molar-refractivity contribution in [1.82, 2.24) is 9.80 Å². The Morgan fingerprint density at radius 1 is 1.35 bits per heavy atom. The van der Waals surface area contributed by atoms with Crippen molar-refractivity contribution in [2.45, 2.75) is 44.2 Å². The van der Waals surface area contributed by atoms with E-state index in [4.69, 9.17) is 5.73 Å². The van der Waals surface area contributed by atoms with Crippen molar-refractivity contribution in [3.8, 4) is 0 Å². The Hall–Kier alpha value is -1.10. The van der Waals surface area contributed by atoms with E-state index in [1.165, 1.54) is 0 Å². The van der Waals surface area contributed by atoms with Crippen LogP contribution in [0.5, 0.6) is 0 Å². The van der Waals surface area contributed by atoms with Crippen LogP contribution in [0.2, 0.25) is 0 Å². The predicted octanol–water partition coefficient (Wildman–Crippen LogP) is -0.0530. The third-order valence-electron chi connectivity index (χ3n) is 4.37. The largest absolute Gasteiger partial charge is 0.368 e. The number of likely N-dealkylation sites (tertiary alicyclic amines) is 2. The Labute approximate surface area is 102 Å². The van der Waals surface area contributed by atoms with E-state index in [1.54, 1.807) is 11.8 Å². The third kappa shape index (κ3) is 1.82. The zero-order valence-corrected chi connectivity index (χ0v) is 10.6. The highest BCUT2D eigenvalue weighted by atomic mass is 16.2. The first kappa shape index (κ1) is 12.4. The summed E-state index contributed by atoms with van der Waals surface area (Å²) in [5, 5.41) is 0. The van der Waals surface area contributed by atoms with Gasteiger partial charge < -0.3 is 10.6 Å². The molecule has 0 radical (unpaired) electrons. The van der Waals surface area contributed by atoms with Gasteiger partial charge in [0.1, 0.15) is 11.6 Å². The van der Waals surface area contributed by atoms with E-state index < -0.39 is 11.9 Å². The molecule has 2 N–H and O–H groups in total. The second kappa shape index (κ2) is 4.29. The Bertz CT molecular complexity index is 345. The van der Waals surface area contributed by atoms with Crippen LogP contribution in [0.15, 0.2) is 0 Å². The molecule has 0 bridgehead atoms. The molecule has 0 aromatic carbocycles. The zero-order valence-electron chi connectivity index (χ0n) is 10.6. The van der Waals surface area contributed by atoms with Crippen molar-refractivity contribution in [3.05, 3.63) is 0 Å². The third-order valence-corrected chi connectivity index (χ3v) is 4.37. The number of nitrogens with two attached hydrogens (primary N) is 1. The molecule has 5 heteroatoms. The van der Waals surface area contributed by atoms with Gasteiger partial charge in [-0.3, -0.25) is 14.5 Å². The molecule has 2 amide bonds. The fraction of sp³-hybridized carbons (Fsp3) is 0.833. The van der Waals surface area contributed by atoms with Gasteiger partial charge in [0, 0.05) is 6.54 Å². The van der Waals surface area contributed by atoms with Crippen LogP contribution in [0.4, 0.5) is 0 Å². The summed E-state index contributed by atoms with van der Waals surface area (Å²) in [6, 6.07) is -0.489. The highest BCUT2D eigenvalue weighted by molar-refractivity contribution is 5.93. The van der Waals surface area contributed by atoms with Gasteiger partial charge in [-0.05, 0) is 46.2 Å². The molecule has 0 aromatic heterocycles. The summed E-state index contributed by atoms with van der Waals surface area (Å²) in [5.41, 5.74) is 4.93. The summed E-state index contributed by atoms with van der Waals surface area (Å²) in [7, 11) is 2.01. The molecule has 5 nitrogen and oxygen atoms in total. The van der Waals surface area contributed by atoms with Crippen LogP contribution in [0, 0.1) is 0 Å². The summed E-state index contributed by atoms with van der Waals surface area (Å²) in [6.07, 6.45) is 3.97. The maximum Gasteiger partial charge on any atom is 0.243 e. The van der Waals surface area contributed by atoms with Crippen LogP contribution >= 0.6 is 0 Å². The average Bonchev–Trinajstić information content (AvgIpc) is 2.61. The molecule has 0 aromatic rings. The van der Waals surface area contributed by atoms with Gasteiger partial charge in [-0.2, -0.15) is 0 Å². The molecule has 2 aliphatic rings. The summed E-state index contributed by atoms with van der Waals surface area (Å²) in [4.78, 5) is 27.5. The van der Waals surface area contributed by atoms with E-state index in [2.05, 4.69) is 4.90 Å². The molecule has 0 saturated carbocycles. The van der Waals surface area contributed by atoms with E-state index >= 15 is 0 Å². The molecule has 2 fully saturated rings. The van der Waals surface area contributed by atoms with Crippen LogP contribution in [-0.2, 0) is 9.59 Å². The molecule has 2 heterocycles. The van der Waals surface area contributed by atoms with Crippen molar-refractivity contribution in [2.24, 2.45) is 5.73 Å². The van der Waals surface area contributed by atoms with Crippen molar-refractivity contribution < 1.29 is 9.59 Å². The van der Waals surface area contributed by atoms with Crippen molar-refractivity contribution in [2.75, 3.05) is 20.1 Å². The summed E-state index contributed by atoms with van der Waals surface area (Å²) in [5.74, 6) is -0.333. The second-order valence-corrected chi connectivity index (χ2v) is 5.24. The highest BCUT2D eigenvalue weighted by Gasteiger charge is 2.51. The van der Waals surface area contributed by atoms with Crippen LogP contribution in [0.3, 0.4) is 0 Å². The van der Waals surface area contributed by atoms with Gasteiger partial charge in [0.25, 0.3) is 0 Å². The maximum atomic E-state index is 12.5. The maximum absolute atomic E-state index is 12.5. The number of rotatable bonds is 2. The number of primary amides is 1. The Morgan fingerprint density at radius 3 is 2.65 bits per heavy atom. The molecule has 1 spiro atoms. The van der Waals surface area contributed by atoms with Crippen LogP contribution in [0.25, 0.3) is 0 Å². The molecule has 17 heavy (non-hydrogen) atoms. The quantitative estimate of drug-likeness (QED) is 0.734. The van der Waals surface area contributed by atoms with Crippen molar-refractivity contribution >= 4 is 11.8 Å². The lowest BCUT2D eigenvalue weighted by Crippen LogP contribution is -2.56. The summed E-state index contributed by atoms with van der Waals surface area (Å²) < 4.78 is 0. The second-order valence-electron chi connectivity index (χ2n) is 5.24. The number of carbonyl (C=O) groups excluding carboxylic acids is 2. The van der Waals surface area contributed by atoms with Gasteiger partial charge >= 0.3 is 0 Å². The minimum atomic E-state index is -0.489. The number of amides is 2. The van der Waals surface area contributed by atoms with E-state index in [1.807, 2.05) is 7.05 Å². The molecule has 0 aliphatic carbocycles. The molecule has 2 aliphatic heterocycles. The minimum absolute atomic E-state index is 0.0889. The smallest absolute Gasteiger partial charge is 0.243 e. The number of carbonyl (C=O) groups is 2. The monoisotopic (exact) mass is 239 g/mol. The van der Waals surface area contributed by atoms with Gasteiger partial charge in [0.2, 0.25) is 11.8 Å². The molecule has 1 unspecified atom stereocenters. The number of hydrogen-bond donors (Lipinski definition) is 1. The normalized spacial score (nSPS) is 32.1. The Morgan fingerprint density at radius 2 is 2.06 bits per heavy atom. The fourth-order valence-corrected chi connectivity index (χ4v) is 3.06. The number of piperidine rings is 1. The first-order valence-electron chi connectivity index (χ1n) is 6.31. The number of hydrogen-bond acceptors (Lipinski definition) is 3. The van der Waals surface area contributed by atoms with E-state index in [0.29, 0.717) is 6.54 Å². The lowest BCUT2D eigenvalue weighted by Gasteiger charge is -2.41. The lowest BCUT2D eigenvalue weighted by molar-refractivity contribution is -0.144. The molecule has 96 valence electrons. The average molecular weight is 239 g/mol. The number of likely N-dealkylation sites (N-methyl/N-ethyl adjacent to an activating group) is 1. The molecular formula is C12H21N3O2. The van der Waals surface area contributed by atoms with Crippen LogP contribution < -0.4 is 5.73 Å². The predicted molar refractivity (Wildman–Crippen MR) is 64.2 cm³/mol. The Kier molecular flexibility index (Phi) is 3.12. The van der Waals surface area contributed by atoms with E-state index in [0.717, 1.165) is 32.2 Å². The molecule has 2 saturated heterocycles. The molecule has 2 rings (SSSR count). The molecular weight excluding hydrogens is 218 g/mol. The van der Waals surface area contributed by atoms with Crippen LogP contribution in [-0.4, -0.2) is 53.3 Å². The van der Waals surface area contributed by atoms with Crippen molar-refractivity contribution in [1.29, 1.82) is 0 Å². The fourth-order valence-electron chi connectivity index (χ4n) is 3.06. The summed E-state index contributed by atoms with van der Waals surface area (Å²) >= 11 is 0. The van der Waals surface area contributed by atoms with Crippen molar-refractivity contribution in [3.63, 3.8) is 0 Å². The van der Waals surface area contributed by atoms with Gasteiger partial charge in [-0.25, -0.2) is 0 Å². The highest BCUT2D eigenvalue weighted by Crippen LogP contribution is 2.37. The first-order chi connectivity index (χ1) is 7.99. The Balaban J connectivity index is 2.19. The van der Waals surface area contributed by atoms with Gasteiger partial charge in [0.15, 0.2) is 0 Å². The standard InChI is InChI=1S/C12H21N3O2/c1-9(10(13)16)15-8-6-12(11(15)17)5-3-4-7-14(12)2/h9H,3-8H2,1-2H3,(H2,13,16)/t9?,12-/m0/s1. The van der Waals surface area contributed by atoms with E-state index in [-0.39, 0.29) is 11.4 Å². The summed E-state index contributed by atoms with van der Waals surface area (Å²) in [6.45, 7) is 3.32. The van der Waals surface area contributed by atoms with Crippen LogP contribution in [0.1, 0.15) is 32.6 Å². The number of nitrogens with zero attached hydrogens (tertiary/aromatic N) is 2. The SMILES string of the molecule is CC(C(N)=O)N1CC[C@@]2(CCCCN2C)C1=O. The van der Waals surface area contributed by atoms with Gasteiger partial charge in [-0.1, -0.05) is 0 Å². The van der Waals surface area contributed by atoms with Gasteiger partial charge in [-0.15, -0.1) is 0 Å². The topological polar surface area (TPSA) is 66.6 Å². The zero-order chi connectivity index (χ0) is 12.6.